The van der Waals surface area contributed by atoms with Gasteiger partial charge in [0.1, 0.15) is 0 Å². The lowest BCUT2D eigenvalue weighted by Crippen LogP contribution is -2.50. The molecule has 0 aromatic rings. The smallest absolute Gasteiger partial charge is 0.303 e. The maximum Gasteiger partial charge on any atom is 0.303 e. The second-order valence-corrected chi connectivity index (χ2v) is 10.1. The number of nitrogens with one attached hydrogen (secondary N) is 2. The molecular formula is C22H35N3O6S. The summed E-state index contributed by atoms with van der Waals surface area (Å²) >= 11 is 1.21. The summed E-state index contributed by atoms with van der Waals surface area (Å²) in [5, 5.41) is 14.1. The van der Waals surface area contributed by atoms with E-state index in [0.717, 1.165) is 25.7 Å². The highest BCUT2D eigenvalue weighted by Crippen LogP contribution is 2.39. The van der Waals surface area contributed by atoms with E-state index in [1.165, 1.54) is 23.7 Å². The Hall–Kier alpha value is -2.10. The number of carboxylic acids is 1. The van der Waals surface area contributed by atoms with Gasteiger partial charge in [0.15, 0.2) is 4.75 Å². The molecule has 180 valence electrons. The molecule has 1 aliphatic heterocycles. The second kappa shape index (κ2) is 12.2. The molecular weight excluding hydrogens is 434 g/mol. The lowest BCUT2D eigenvalue weighted by atomic mass is 9.81. The highest BCUT2D eigenvalue weighted by molar-refractivity contribution is 8.02. The van der Waals surface area contributed by atoms with Crippen LogP contribution in [0.15, 0.2) is 0 Å². The monoisotopic (exact) mass is 469 g/mol. The molecule has 4 amide bonds. The van der Waals surface area contributed by atoms with Gasteiger partial charge in [0.25, 0.3) is 5.91 Å². The first-order valence-corrected chi connectivity index (χ1v) is 12.4. The minimum Gasteiger partial charge on any atom is -0.481 e. The Balaban J connectivity index is 1.78. The molecule has 1 atom stereocenters. The van der Waals surface area contributed by atoms with E-state index in [1.807, 2.05) is 6.92 Å². The molecule has 1 saturated heterocycles. The zero-order valence-corrected chi connectivity index (χ0v) is 19.8. The third-order valence-electron chi connectivity index (χ3n) is 6.30. The van der Waals surface area contributed by atoms with E-state index in [1.54, 1.807) is 0 Å². The van der Waals surface area contributed by atoms with Crippen molar-refractivity contribution in [3.05, 3.63) is 0 Å². The van der Waals surface area contributed by atoms with Gasteiger partial charge >= 0.3 is 5.97 Å². The van der Waals surface area contributed by atoms with Crippen molar-refractivity contribution in [2.75, 3.05) is 25.9 Å². The summed E-state index contributed by atoms with van der Waals surface area (Å²) in [6.45, 7) is 2.71. The van der Waals surface area contributed by atoms with Gasteiger partial charge in [0.2, 0.25) is 17.7 Å². The standard InChI is InChI=1S/C22H35N3O6S/c1-3-32-22(20(30)23-2)13-17(26)25(21(22)31)14-15-8-10-16(11-9-15)19(29)24-12-6-4-5-7-18(27)28/h15-16H,3-14H2,1-2H3,(H,23,30)(H,24,29)(H,27,28). The van der Waals surface area contributed by atoms with Crippen LogP contribution in [0, 0.1) is 11.8 Å². The molecule has 0 bridgehead atoms. The predicted octanol–water partition coefficient (Wildman–Crippen LogP) is 1.55. The van der Waals surface area contributed by atoms with E-state index < -0.39 is 22.5 Å². The van der Waals surface area contributed by atoms with Crippen LogP contribution in [0.1, 0.15) is 64.7 Å². The highest BCUT2D eigenvalue weighted by atomic mass is 32.2. The van der Waals surface area contributed by atoms with Crippen LogP contribution in [-0.2, 0) is 24.0 Å². The molecule has 0 spiro atoms. The fourth-order valence-electron chi connectivity index (χ4n) is 4.50. The Morgan fingerprint density at radius 2 is 1.81 bits per heavy atom. The van der Waals surface area contributed by atoms with Gasteiger partial charge in [-0.15, -0.1) is 11.8 Å². The van der Waals surface area contributed by atoms with E-state index in [0.29, 0.717) is 38.1 Å². The van der Waals surface area contributed by atoms with Crippen molar-refractivity contribution >= 4 is 41.4 Å². The van der Waals surface area contributed by atoms with Gasteiger partial charge in [-0.1, -0.05) is 13.3 Å². The fourth-order valence-corrected chi connectivity index (χ4v) is 5.69. The van der Waals surface area contributed by atoms with Crippen molar-refractivity contribution in [1.29, 1.82) is 0 Å². The Morgan fingerprint density at radius 1 is 1.12 bits per heavy atom. The Bertz CT molecular complexity index is 722. The molecule has 3 N–H and O–H groups in total. The molecule has 2 rings (SSSR count). The molecule has 2 aliphatic rings. The Morgan fingerprint density at radius 3 is 2.41 bits per heavy atom. The summed E-state index contributed by atoms with van der Waals surface area (Å²) in [5.41, 5.74) is 0. The van der Waals surface area contributed by atoms with Crippen LogP contribution in [0.2, 0.25) is 0 Å². The first kappa shape index (κ1) is 26.2. The van der Waals surface area contributed by atoms with Crippen molar-refractivity contribution in [3.63, 3.8) is 0 Å². The average Bonchev–Trinajstić information content (AvgIpc) is 3.01. The summed E-state index contributed by atoms with van der Waals surface area (Å²) in [5.74, 6) is -1.31. The molecule has 0 aromatic carbocycles. The van der Waals surface area contributed by atoms with Crippen molar-refractivity contribution in [1.82, 2.24) is 15.5 Å². The van der Waals surface area contributed by atoms with E-state index in [9.17, 15) is 24.0 Å². The first-order chi connectivity index (χ1) is 15.2. The third kappa shape index (κ3) is 6.46. The SMILES string of the molecule is CCSC1(C(=O)NC)CC(=O)N(CC2CCC(C(=O)NCCCCCC(=O)O)CC2)C1=O. The van der Waals surface area contributed by atoms with Gasteiger partial charge in [-0.2, -0.15) is 0 Å². The van der Waals surface area contributed by atoms with Gasteiger partial charge in [0.05, 0.1) is 6.42 Å². The molecule has 2 fully saturated rings. The molecule has 1 heterocycles. The number of carbonyl (C=O) groups excluding carboxylic acids is 4. The number of carbonyl (C=O) groups is 5. The molecule has 32 heavy (non-hydrogen) atoms. The maximum absolute atomic E-state index is 13.0. The topological polar surface area (TPSA) is 133 Å². The zero-order valence-electron chi connectivity index (χ0n) is 19.0. The molecule has 10 heteroatoms. The number of imide groups is 1. The number of rotatable bonds is 12. The van der Waals surface area contributed by atoms with Gasteiger partial charge in [-0.3, -0.25) is 28.9 Å². The zero-order chi connectivity index (χ0) is 23.7. The molecule has 1 aliphatic carbocycles. The summed E-state index contributed by atoms with van der Waals surface area (Å²) in [6, 6.07) is 0. The average molecular weight is 470 g/mol. The maximum atomic E-state index is 13.0. The number of aliphatic carboxylic acids is 1. The van der Waals surface area contributed by atoms with E-state index >= 15 is 0 Å². The summed E-state index contributed by atoms with van der Waals surface area (Å²) in [7, 11) is 1.48. The van der Waals surface area contributed by atoms with Crippen molar-refractivity contribution < 1.29 is 29.1 Å². The summed E-state index contributed by atoms with van der Waals surface area (Å²) < 4.78 is -1.36. The van der Waals surface area contributed by atoms with Gasteiger partial charge < -0.3 is 15.7 Å². The number of amides is 4. The summed E-state index contributed by atoms with van der Waals surface area (Å²) in [6.07, 6.45) is 5.11. The Kier molecular flexibility index (Phi) is 9.99. The highest BCUT2D eigenvalue weighted by Gasteiger charge is 2.57. The molecule has 0 radical (unpaired) electrons. The normalized spacial score (nSPS) is 25.6. The van der Waals surface area contributed by atoms with Crippen LogP contribution in [0.25, 0.3) is 0 Å². The van der Waals surface area contributed by atoms with E-state index in [-0.39, 0.29) is 36.5 Å². The Labute approximate surface area is 193 Å². The van der Waals surface area contributed by atoms with E-state index in [2.05, 4.69) is 10.6 Å². The van der Waals surface area contributed by atoms with Gasteiger partial charge in [0, 0.05) is 32.5 Å². The number of hydrogen-bond acceptors (Lipinski definition) is 6. The van der Waals surface area contributed by atoms with Crippen LogP contribution >= 0.6 is 11.8 Å². The number of thioether (sulfide) groups is 1. The van der Waals surface area contributed by atoms with Crippen LogP contribution in [0.3, 0.4) is 0 Å². The second-order valence-electron chi connectivity index (χ2n) is 8.54. The largest absolute Gasteiger partial charge is 0.481 e. The predicted molar refractivity (Wildman–Crippen MR) is 121 cm³/mol. The third-order valence-corrected chi connectivity index (χ3v) is 7.59. The lowest BCUT2D eigenvalue weighted by molar-refractivity contribution is -0.141. The van der Waals surface area contributed by atoms with E-state index in [4.69, 9.17) is 5.11 Å². The number of unbranched alkanes of at least 4 members (excludes halogenated alkanes) is 2. The minimum atomic E-state index is -1.36. The fraction of sp³-hybridized carbons (Fsp3) is 0.773. The van der Waals surface area contributed by atoms with Crippen LogP contribution in [0.5, 0.6) is 0 Å². The molecule has 1 saturated carbocycles. The molecule has 0 aromatic heterocycles. The minimum absolute atomic E-state index is 0.0213. The number of carboxylic acid groups (broad SMARTS) is 1. The lowest BCUT2D eigenvalue weighted by Gasteiger charge is -2.31. The van der Waals surface area contributed by atoms with Crippen LogP contribution in [-0.4, -0.2) is 70.2 Å². The number of nitrogens with zero attached hydrogens (tertiary/aromatic N) is 1. The van der Waals surface area contributed by atoms with Crippen molar-refractivity contribution in [3.8, 4) is 0 Å². The summed E-state index contributed by atoms with van der Waals surface area (Å²) in [4.78, 5) is 62.2. The van der Waals surface area contributed by atoms with Gasteiger partial charge in [-0.25, -0.2) is 0 Å². The molecule has 9 nitrogen and oxygen atoms in total. The number of hydrogen-bond donors (Lipinski definition) is 3. The van der Waals surface area contributed by atoms with Crippen molar-refractivity contribution in [2.24, 2.45) is 11.8 Å². The van der Waals surface area contributed by atoms with Crippen LogP contribution in [0.4, 0.5) is 0 Å². The van der Waals surface area contributed by atoms with Crippen LogP contribution < -0.4 is 10.6 Å². The van der Waals surface area contributed by atoms with Crippen molar-refractivity contribution in [2.45, 2.75) is 69.5 Å². The first-order valence-electron chi connectivity index (χ1n) is 11.5. The quantitative estimate of drug-likeness (QED) is 0.224. The number of likely N-dealkylation sites (tertiary alicyclic amines) is 1. The molecule has 1 unspecified atom stereocenters. The van der Waals surface area contributed by atoms with Gasteiger partial charge in [-0.05, 0) is 50.2 Å².